The Morgan fingerprint density at radius 3 is 2.70 bits per heavy atom. The summed E-state index contributed by atoms with van der Waals surface area (Å²) >= 11 is 0. The van der Waals surface area contributed by atoms with Crippen LogP contribution >= 0.6 is 0 Å². The van der Waals surface area contributed by atoms with Crippen molar-refractivity contribution in [1.29, 1.82) is 0 Å². The Hall–Kier alpha value is -2.92. The monoisotopic (exact) mass is 403 g/mol. The van der Waals surface area contributed by atoms with Crippen molar-refractivity contribution in [3.63, 3.8) is 0 Å². The minimum absolute atomic E-state index is 0.0184. The van der Waals surface area contributed by atoms with Crippen LogP contribution in [-0.2, 0) is 6.42 Å². The van der Waals surface area contributed by atoms with E-state index in [2.05, 4.69) is 17.1 Å². The average molecular weight is 404 g/mol. The van der Waals surface area contributed by atoms with E-state index in [1.54, 1.807) is 0 Å². The van der Waals surface area contributed by atoms with Gasteiger partial charge >= 0.3 is 0 Å². The molecule has 0 spiro atoms. The fraction of sp³-hybridized carbons (Fsp3) is 0.360. The predicted octanol–water partition coefficient (Wildman–Crippen LogP) is 4.79. The molecule has 1 saturated heterocycles. The van der Waals surface area contributed by atoms with Crippen molar-refractivity contribution >= 4 is 28.3 Å². The lowest BCUT2D eigenvalue weighted by Gasteiger charge is -2.38. The summed E-state index contributed by atoms with van der Waals surface area (Å²) in [5, 5.41) is 14.1. The predicted molar refractivity (Wildman–Crippen MR) is 122 cm³/mol. The number of aliphatic hydroxyl groups is 1. The van der Waals surface area contributed by atoms with Crippen LogP contribution in [0.15, 0.2) is 54.6 Å². The van der Waals surface area contributed by atoms with Crippen molar-refractivity contribution in [3.05, 3.63) is 65.7 Å². The molecular formula is C25H29N3O2. The summed E-state index contributed by atoms with van der Waals surface area (Å²) in [7, 11) is 0. The number of aryl methyl sites for hydroxylation is 1. The molecule has 5 nitrogen and oxygen atoms in total. The zero-order chi connectivity index (χ0) is 21.1. The number of anilines is 2. The Morgan fingerprint density at radius 2 is 1.97 bits per heavy atom. The van der Waals surface area contributed by atoms with Crippen molar-refractivity contribution in [2.45, 2.75) is 51.7 Å². The number of piperidine rings is 1. The van der Waals surface area contributed by atoms with Gasteiger partial charge in [-0.1, -0.05) is 37.3 Å². The van der Waals surface area contributed by atoms with Gasteiger partial charge in [0, 0.05) is 17.6 Å². The third-order valence-electron chi connectivity index (χ3n) is 5.97. The highest BCUT2D eigenvalue weighted by atomic mass is 16.3. The molecule has 1 fully saturated rings. The largest absolute Gasteiger partial charge is 0.391 e. The first kappa shape index (κ1) is 20.4. The number of benzene rings is 2. The number of pyridine rings is 1. The Labute approximate surface area is 177 Å². The van der Waals surface area contributed by atoms with Crippen molar-refractivity contribution in [1.82, 2.24) is 4.98 Å². The van der Waals surface area contributed by atoms with Gasteiger partial charge in [0.05, 0.1) is 23.2 Å². The van der Waals surface area contributed by atoms with Gasteiger partial charge in [0.2, 0.25) is 0 Å². The van der Waals surface area contributed by atoms with Crippen LogP contribution in [0.25, 0.3) is 10.9 Å². The van der Waals surface area contributed by atoms with Gasteiger partial charge in [0.25, 0.3) is 5.91 Å². The second-order valence-corrected chi connectivity index (χ2v) is 8.05. The van der Waals surface area contributed by atoms with E-state index in [0.29, 0.717) is 5.56 Å². The van der Waals surface area contributed by atoms with Crippen LogP contribution in [0, 0.1) is 0 Å². The molecule has 2 aromatic carbocycles. The molecule has 5 heteroatoms. The molecule has 1 aliphatic rings. The summed E-state index contributed by atoms with van der Waals surface area (Å²) in [6, 6.07) is 17.6. The van der Waals surface area contributed by atoms with Gasteiger partial charge in [-0.3, -0.25) is 4.79 Å². The molecule has 0 bridgehead atoms. The van der Waals surface area contributed by atoms with E-state index in [4.69, 9.17) is 4.98 Å². The molecule has 0 saturated carbocycles. The average Bonchev–Trinajstić information content (AvgIpc) is 2.78. The molecule has 156 valence electrons. The molecule has 0 radical (unpaired) electrons. The minimum atomic E-state index is -0.451. The number of amides is 1. The van der Waals surface area contributed by atoms with Crippen LogP contribution in [-0.4, -0.2) is 34.7 Å². The third-order valence-corrected chi connectivity index (χ3v) is 5.97. The maximum atomic E-state index is 13.2. The van der Waals surface area contributed by atoms with E-state index >= 15 is 0 Å². The Bertz CT molecular complexity index is 1030. The fourth-order valence-corrected chi connectivity index (χ4v) is 4.26. The maximum Gasteiger partial charge on any atom is 0.256 e. The molecule has 2 N–H and O–H groups in total. The Morgan fingerprint density at radius 1 is 1.20 bits per heavy atom. The number of carbonyl (C=O) groups excluding carboxylic acids is 1. The lowest BCUT2D eigenvalue weighted by atomic mass is 9.97. The SMILES string of the molecule is CCc1ccc(NC(=O)c2cc(N3CCCCC3C(C)O)nc3ccccc23)cc1. The van der Waals surface area contributed by atoms with Crippen molar-refractivity contribution in [2.24, 2.45) is 0 Å². The molecular weight excluding hydrogens is 374 g/mol. The zero-order valence-corrected chi connectivity index (χ0v) is 17.6. The van der Waals surface area contributed by atoms with E-state index in [-0.39, 0.29) is 11.9 Å². The van der Waals surface area contributed by atoms with E-state index in [0.717, 1.165) is 54.6 Å². The number of para-hydroxylation sites is 1. The number of hydrogen-bond acceptors (Lipinski definition) is 4. The highest BCUT2D eigenvalue weighted by Crippen LogP contribution is 2.29. The van der Waals surface area contributed by atoms with Gasteiger partial charge in [0.15, 0.2) is 0 Å². The van der Waals surface area contributed by atoms with Crippen LogP contribution in [0.5, 0.6) is 0 Å². The summed E-state index contributed by atoms with van der Waals surface area (Å²) in [6.45, 7) is 4.78. The first-order chi connectivity index (χ1) is 14.6. The molecule has 0 aliphatic carbocycles. The van der Waals surface area contributed by atoms with Gasteiger partial charge in [0.1, 0.15) is 5.82 Å². The lowest BCUT2D eigenvalue weighted by molar-refractivity contribution is 0.102. The van der Waals surface area contributed by atoms with Crippen LogP contribution in [0.1, 0.15) is 49.0 Å². The van der Waals surface area contributed by atoms with Gasteiger partial charge in [-0.2, -0.15) is 0 Å². The van der Waals surface area contributed by atoms with Crippen LogP contribution < -0.4 is 10.2 Å². The van der Waals surface area contributed by atoms with E-state index in [1.165, 1.54) is 5.56 Å². The van der Waals surface area contributed by atoms with Crippen molar-refractivity contribution in [3.8, 4) is 0 Å². The van der Waals surface area contributed by atoms with Gasteiger partial charge in [-0.05, 0) is 62.4 Å². The number of nitrogens with one attached hydrogen (secondary N) is 1. The van der Waals surface area contributed by atoms with Crippen molar-refractivity contribution in [2.75, 3.05) is 16.8 Å². The molecule has 4 rings (SSSR count). The summed E-state index contributed by atoms with van der Waals surface area (Å²) in [5.74, 6) is 0.607. The number of fused-ring (bicyclic) bond motifs is 1. The summed E-state index contributed by atoms with van der Waals surface area (Å²) in [4.78, 5) is 20.2. The molecule has 3 aromatic rings. The second kappa shape index (κ2) is 8.84. The Balaban J connectivity index is 1.71. The molecule has 2 atom stereocenters. The summed E-state index contributed by atoms with van der Waals surface area (Å²) in [5.41, 5.74) is 3.40. The van der Waals surface area contributed by atoms with Gasteiger partial charge in [-0.15, -0.1) is 0 Å². The number of hydrogen-bond donors (Lipinski definition) is 2. The minimum Gasteiger partial charge on any atom is -0.391 e. The maximum absolute atomic E-state index is 13.2. The van der Waals surface area contributed by atoms with Gasteiger partial charge in [-0.25, -0.2) is 4.98 Å². The lowest BCUT2D eigenvalue weighted by Crippen LogP contribution is -2.46. The quantitative estimate of drug-likeness (QED) is 0.643. The van der Waals surface area contributed by atoms with Gasteiger partial charge < -0.3 is 15.3 Å². The summed E-state index contributed by atoms with van der Waals surface area (Å²) < 4.78 is 0. The smallest absolute Gasteiger partial charge is 0.256 e. The topological polar surface area (TPSA) is 65.5 Å². The number of aromatic nitrogens is 1. The number of carbonyl (C=O) groups is 1. The number of rotatable bonds is 5. The number of aliphatic hydroxyl groups excluding tert-OH is 1. The first-order valence-electron chi connectivity index (χ1n) is 10.8. The fourth-order valence-electron chi connectivity index (χ4n) is 4.26. The molecule has 1 aromatic heterocycles. The zero-order valence-electron chi connectivity index (χ0n) is 17.6. The molecule has 30 heavy (non-hydrogen) atoms. The highest BCUT2D eigenvalue weighted by molar-refractivity contribution is 6.13. The normalized spacial score (nSPS) is 17.7. The van der Waals surface area contributed by atoms with E-state index in [1.807, 2.05) is 61.5 Å². The standard InChI is InChI=1S/C25H29N3O2/c1-3-18-11-13-19(14-12-18)26-25(30)21-16-24(27-22-9-5-4-8-20(21)22)28-15-7-6-10-23(28)17(2)29/h4-5,8-9,11-14,16-17,23,29H,3,6-7,10,15H2,1-2H3,(H,26,30). The molecule has 1 amide bonds. The highest BCUT2D eigenvalue weighted by Gasteiger charge is 2.28. The third kappa shape index (κ3) is 4.17. The first-order valence-corrected chi connectivity index (χ1v) is 10.8. The Kier molecular flexibility index (Phi) is 6.00. The summed E-state index contributed by atoms with van der Waals surface area (Å²) in [6.07, 6.45) is 3.60. The van der Waals surface area contributed by atoms with E-state index in [9.17, 15) is 9.90 Å². The van der Waals surface area contributed by atoms with Crippen LogP contribution in [0.2, 0.25) is 0 Å². The van der Waals surface area contributed by atoms with Crippen molar-refractivity contribution < 1.29 is 9.90 Å². The van der Waals surface area contributed by atoms with E-state index < -0.39 is 6.10 Å². The molecule has 1 aliphatic heterocycles. The number of nitrogens with zero attached hydrogens (tertiary/aromatic N) is 2. The van der Waals surface area contributed by atoms with Crippen LogP contribution in [0.4, 0.5) is 11.5 Å². The van der Waals surface area contributed by atoms with Crippen LogP contribution in [0.3, 0.4) is 0 Å². The molecule has 2 heterocycles. The molecule has 2 unspecified atom stereocenters. The second-order valence-electron chi connectivity index (χ2n) is 8.05.